The third-order valence-corrected chi connectivity index (χ3v) is 8.02. The van der Waals surface area contributed by atoms with E-state index in [1.165, 1.54) is 43.5 Å². The molecule has 7 nitrogen and oxygen atoms in total. The number of piperidine rings is 1. The van der Waals surface area contributed by atoms with Gasteiger partial charge in [0.25, 0.3) is 10.0 Å². The van der Waals surface area contributed by atoms with Crippen LogP contribution in [0.5, 0.6) is 5.75 Å². The van der Waals surface area contributed by atoms with Crippen LogP contribution in [-0.2, 0) is 14.8 Å². The minimum absolute atomic E-state index is 0.0249. The Morgan fingerprint density at radius 3 is 2.31 bits per heavy atom. The zero-order chi connectivity index (χ0) is 25.5. The van der Waals surface area contributed by atoms with Crippen LogP contribution in [0.1, 0.15) is 26.2 Å². The number of rotatable bonds is 9. The first-order chi connectivity index (χ1) is 17.4. The number of nitrogens with one attached hydrogen (secondary N) is 1. The highest BCUT2D eigenvalue weighted by atomic mass is 35.5. The molecule has 0 unspecified atom stereocenters. The molecule has 4 rings (SSSR count). The molecule has 1 amide bonds. The molecule has 9 heteroatoms. The monoisotopic (exact) mass is 527 g/mol. The molecule has 0 aromatic heterocycles. The van der Waals surface area contributed by atoms with Crippen molar-refractivity contribution in [2.45, 2.75) is 31.1 Å². The van der Waals surface area contributed by atoms with E-state index in [1.807, 2.05) is 31.2 Å². The van der Waals surface area contributed by atoms with Crippen LogP contribution in [-0.4, -0.2) is 40.6 Å². The molecule has 1 saturated heterocycles. The van der Waals surface area contributed by atoms with Gasteiger partial charge in [0, 0.05) is 29.5 Å². The minimum atomic E-state index is -4.09. The molecule has 1 fully saturated rings. The molecular formula is C27H30ClN3O4S. The molecule has 1 N–H and O–H groups in total. The lowest BCUT2D eigenvalue weighted by Gasteiger charge is -2.29. The Labute approximate surface area is 217 Å². The van der Waals surface area contributed by atoms with Gasteiger partial charge in [-0.2, -0.15) is 0 Å². The lowest BCUT2D eigenvalue weighted by atomic mass is 10.1. The molecular weight excluding hydrogens is 498 g/mol. The first-order valence-corrected chi connectivity index (χ1v) is 13.9. The molecule has 0 bridgehead atoms. The Bertz CT molecular complexity index is 1280. The fraction of sp³-hybridized carbons (Fsp3) is 0.296. The molecule has 0 aliphatic carbocycles. The van der Waals surface area contributed by atoms with E-state index in [4.69, 9.17) is 16.3 Å². The second kappa shape index (κ2) is 11.7. The standard InChI is InChI=1S/C27H30ClN3O4S/c1-2-35-26-9-5-4-8-25(26)31(36(33,34)24-16-10-21(28)11-17-24)20-27(32)29-22-12-14-23(15-13-22)30-18-6-3-7-19-30/h4-5,8-17H,2-3,6-7,18-20H2,1H3,(H,29,32). The summed E-state index contributed by atoms with van der Waals surface area (Å²) in [5.41, 5.74) is 2.00. The zero-order valence-corrected chi connectivity index (χ0v) is 21.8. The highest BCUT2D eigenvalue weighted by Crippen LogP contribution is 2.33. The second-order valence-corrected chi connectivity index (χ2v) is 10.8. The van der Waals surface area contributed by atoms with E-state index < -0.39 is 22.5 Å². The number of amides is 1. The molecule has 0 atom stereocenters. The van der Waals surface area contributed by atoms with Gasteiger partial charge in [0.2, 0.25) is 5.91 Å². The van der Waals surface area contributed by atoms with Crippen LogP contribution in [0.25, 0.3) is 0 Å². The van der Waals surface area contributed by atoms with Gasteiger partial charge >= 0.3 is 0 Å². The number of benzene rings is 3. The molecule has 36 heavy (non-hydrogen) atoms. The molecule has 1 aliphatic rings. The Hall–Kier alpha value is -3.23. The van der Waals surface area contributed by atoms with E-state index in [0.29, 0.717) is 23.1 Å². The van der Waals surface area contributed by atoms with Gasteiger partial charge in [-0.25, -0.2) is 8.42 Å². The van der Waals surface area contributed by atoms with E-state index in [9.17, 15) is 13.2 Å². The zero-order valence-electron chi connectivity index (χ0n) is 20.2. The molecule has 3 aromatic carbocycles. The maximum absolute atomic E-state index is 13.6. The quantitative estimate of drug-likeness (QED) is 0.394. The van der Waals surface area contributed by atoms with E-state index in [2.05, 4.69) is 10.2 Å². The van der Waals surface area contributed by atoms with Crippen molar-refractivity contribution in [1.82, 2.24) is 0 Å². The van der Waals surface area contributed by atoms with Gasteiger partial charge in [0.1, 0.15) is 12.3 Å². The predicted molar refractivity (Wildman–Crippen MR) is 145 cm³/mol. The van der Waals surface area contributed by atoms with Crippen molar-refractivity contribution in [2.75, 3.05) is 40.8 Å². The number of halogens is 1. The fourth-order valence-corrected chi connectivity index (χ4v) is 5.77. The summed E-state index contributed by atoms with van der Waals surface area (Å²) in [6, 6.07) is 20.3. The number of carbonyl (C=O) groups is 1. The first-order valence-electron chi connectivity index (χ1n) is 12.0. The van der Waals surface area contributed by atoms with Crippen LogP contribution < -0.4 is 19.3 Å². The maximum Gasteiger partial charge on any atom is 0.264 e. The SMILES string of the molecule is CCOc1ccccc1N(CC(=O)Nc1ccc(N2CCCCC2)cc1)S(=O)(=O)c1ccc(Cl)cc1. The molecule has 0 spiro atoms. The van der Waals surface area contributed by atoms with Crippen molar-refractivity contribution in [3.05, 3.63) is 77.8 Å². The second-order valence-electron chi connectivity index (χ2n) is 8.51. The number of para-hydroxylation sites is 2. The summed E-state index contributed by atoms with van der Waals surface area (Å²) in [6.07, 6.45) is 3.62. The third kappa shape index (κ3) is 6.12. The average Bonchev–Trinajstić information content (AvgIpc) is 2.89. The summed E-state index contributed by atoms with van der Waals surface area (Å²) >= 11 is 5.96. The summed E-state index contributed by atoms with van der Waals surface area (Å²) < 4.78 is 34.0. The molecule has 0 radical (unpaired) electrons. The molecule has 190 valence electrons. The predicted octanol–water partition coefficient (Wildman–Crippen LogP) is 5.56. The number of hydrogen-bond acceptors (Lipinski definition) is 5. The normalized spacial score (nSPS) is 13.8. The summed E-state index contributed by atoms with van der Waals surface area (Å²) in [6.45, 7) is 3.80. The van der Waals surface area contributed by atoms with Crippen molar-refractivity contribution in [1.29, 1.82) is 0 Å². The van der Waals surface area contributed by atoms with Crippen molar-refractivity contribution in [2.24, 2.45) is 0 Å². The van der Waals surface area contributed by atoms with Crippen molar-refractivity contribution < 1.29 is 17.9 Å². The Balaban J connectivity index is 1.58. The van der Waals surface area contributed by atoms with Crippen LogP contribution in [0.4, 0.5) is 17.1 Å². The first kappa shape index (κ1) is 25.9. The molecule has 0 saturated carbocycles. The van der Waals surface area contributed by atoms with Gasteiger partial charge in [0.15, 0.2) is 0 Å². The Morgan fingerprint density at radius 2 is 1.64 bits per heavy atom. The van der Waals surface area contributed by atoms with Crippen molar-refractivity contribution in [3.8, 4) is 5.75 Å². The highest BCUT2D eigenvalue weighted by Gasteiger charge is 2.29. The number of carbonyl (C=O) groups excluding carboxylic acids is 1. The van der Waals surface area contributed by atoms with E-state index >= 15 is 0 Å². The lowest BCUT2D eigenvalue weighted by molar-refractivity contribution is -0.114. The van der Waals surface area contributed by atoms with Gasteiger partial charge in [0.05, 0.1) is 17.2 Å². The van der Waals surface area contributed by atoms with Crippen LogP contribution >= 0.6 is 11.6 Å². The van der Waals surface area contributed by atoms with Gasteiger partial charge in [-0.15, -0.1) is 0 Å². The average molecular weight is 528 g/mol. The van der Waals surface area contributed by atoms with Gasteiger partial charge in [-0.05, 0) is 86.8 Å². The van der Waals surface area contributed by atoms with E-state index in [0.717, 1.165) is 23.1 Å². The van der Waals surface area contributed by atoms with Crippen LogP contribution in [0.2, 0.25) is 5.02 Å². The van der Waals surface area contributed by atoms with Crippen LogP contribution in [0, 0.1) is 0 Å². The van der Waals surface area contributed by atoms with E-state index in [1.54, 1.807) is 24.3 Å². The smallest absolute Gasteiger partial charge is 0.264 e. The Morgan fingerprint density at radius 1 is 0.972 bits per heavy atom. The van der Waals surface area contributed by atoms with Crippen LogP contribution in [0.15, 0.2) is 77.7 Å². The number of sulfonamides is 1. The number of ether oxygens (including phenoxy) is 1. The fourth-order valence-electron chi connectivity index (χ4n) is 4.21. The minimum Gasteiger partial charge on any atom is -0.492 e. The molecule has 3 aromatic rings. The van der Waals surface area contributed by atoms with Crippen molar-refractivity contribution in [3.63, 3.8) is 0 Å². The lowest BCUT2D eigenvalue weighted by Crippen LogP contribution is -2.38. The number of anilines is 3. The molecule has 1 heterocycles. The number of nitrogens with zero attached hydrogens (tertiary/aromatic N) is 2. The summed E-state index contributed by atoms with van der Waals surface area (Å²) in [7, 11) is -4.09. The Kier molecular flexibility index (Phi) is 8.38. The maximum atomic E-state index is 13.6. The largest absolute Gasteiger partial charge is 0.492 e. The number of hydrogen-bond donors (Lipinski definition) is 1. The van der Waals surface area contributed by atoms with Crippen molar-refractivity contribution >= 4 is 44.6 Å². The van der Waals surface area contributed by atoms with Gasteiger partial charge in [-0.3, -0.25) is 9.10 Å². The van der Waals surface area contributed by atoms with Crippen LogP contribution in [0.3, 0.4) is 0 Å². The summed E-state index contributed by atoms with van der Waals surface area (Å²) in [4.78, 5) is 15.5. The summed E-state index contributed by atoms with van der Waals surface area (Å²) in [5.74, 6) is -0.0965. The van der Waals surface area contributed by atoms with Gasteiger partial charge in [-0.1, -0.05) is 23.7 Å². The molecule has 1 aliphatic heterocycles. The summed E-state index contributed by atoms with van der Waals surface area (Å²) in [5, 5.41) is 3.25. The third-order valence-electron chi connectivity index (χ3n) is 5.99. The van der Waals surface area contributed by atoms with Gasteiger partial charge < -0.3 is 15.0 Å². The highest BCUT2D eigenvalue weighted by molar-refractivity contribution is 7.92. The van der Waals surface area contributed by atoms with E-state index in [-0.39, 0.29) is 10.6 Å². The topological polar surface area (TPSA) is 79.0 Å².